The van der Waals surface area contributed by atoms with E-state index in [1.165, 1.54) is 0 Å². The number of likely N-dealkylation sites (tertiary alicyclic amines) is 1. The summed E-state index contributed by atoms with van der Waals surface area (Å²) in [6, 6.07) is -0.695. The third-order valence-corrected chi connectivity index (χ3v) is 8.39. The monoisotopic (exact) mass is 302 g/mol. The number of hydrogen-bond acceptors (Lipinski definition) is 4. The Morgan fingerprint density at radius 2 is 1.44 bits per heavy atom. The van der Waals surface area contributed by atoms with Gasteiger partial charge in [-0.3, -0.25) is 9.11 Å². The van der Waals surface area contributed by atoms with Crippen molar-refractivity contribution < 1.29 is 30.4 Å². The van der Waals surface area contributed by atoms with Crippen LogP contribution in [0.2, 0.25) is 0 Å². The fourth-order valence-electron chi connectivity index (χ4n) is 3.01. The van der Waals surface area contributed by atoms with Gasteiger partial charge >= 0.3 is 0 Å². The van der Waals surface area contributed by atoms with Crippen LogP contribution < -0.4 is 0 Å². The first-order valence-corrected chi connectivity index (χ1v) is 8.26. The third kappa shape index (κ3) is 1.72. The number of quaternary nitrogens is 1. The molecule has 1 aliphatic heterocycles. The van der Waals surface area contributed by atoms with Crippen LogP contribution in [-0.2, 0) is 20.2 Å². The van der Waals surface area contributed by atoms with Gasteiger partial charge in [-0.25, -0.2) is 0 Å². The highest BCUT2D eigenvalue weighted by Crippen LogP contribution is 2.48. The molecule has 0 saturated carbocycles. The van der Waals surface area contributed by atoms with Gasteiger partial charge in [-0.15, -0.1) is 0 Å². The van der Waals surface area contributed by atoms with Gasteiger partial charge in [-0.2, -0.15) is 16.8 Å². The van der Waals surface area contributed by atoms with Gasteiger partial charge in [0.15, 0.2) is 9.49 Å². The van der Waals surface area contributed by atoms with E-state index >= 15 is 0 Å². The Bertz CT molecular complexity index is 566. The van der Waals surface area contributed by atoms with Gasteiger partial charge < -0.3 is 4.48 Å². The smallest absolute Gasteiger partial charge is 0.278 e. The topological polar surface area (TPSA) is 109 Å². The van der Waals surface area contributed by atoms with E-state index in [0.717, 1.165) is 13.8 Å². The normalized spacial score (nSPS) is 40.9. The molecular formula is C9H20NO6S2+. The molecule has 1 aliphatic rings. The lowest BCUT2D eigenvalue weighted by atomic mass is 9.92. The van der Waals surface area contributed by atoms with Gasteiger partial charge in [-0.1, -0.05) is 0 Å². The standard InChI is InChI=1S/C9H19NO6S2/c1-7-9(3,18(14,15)16)8(2,17(11,12)13)6-10(7,4)5/h7H,6H2,1-5H3,(H-,11,12,13,14,15,16)/p+1. The Balaban J connectivity index is 3.75. The van der Waals surface area contributed by atoms with E-state index in [1.54, 1.807) is 21.0 Å². The molecule has 1 rings (SSSR count). The lowest BCUT2D eigenvalue weighted by Gasteiger charge is -2.35. The van der Waals surface area contributed by atoms with Crippen LogP contribution in [0.25, 0.3) is 0 Å². The molecule has 0 aromatic carbocycles. The average molecular weight is 302 g/mol. The van der Waals surface area contributed by atoms with Crippen LogP contribution in [0.3, 0.4) is 0 Å². The van der Waals surface area contributed by atoms with Gasteiger partial charge in [0.1, 0.15) is 12.6 Å². The van der Waals surface area contributed by atoms with Crippen molar-refractivity contribution in [1.29, 1.82) is 0 Å². The second-order valence-corrected chi connectivity index (χ2v) is 9.55. The zero-order valence-corrected chi connectivity index (χ0v) is 12.7. The van der Waals surface area contributed by atoms with Gasteiger partial charge in [0.2, 0.25) is 0 Å². The molecule has 2 N–H and O–H groups in total. The van der Waals surface area contributed by atoms with Crippen LogP contribution in [0.4, 0.5) is 0 Å². The molecule has 0 amide bonds. The van der Waals surface area contributed by atoms with E-state index in [-0.39, 0.29) is 11.0 Å². The van der Waals surface area contributed by atoms with Crippen molar-refractivity contribution in [3.8, 4) is 0 Å². The summed E-state index contributed by atoms with van der Waals surface area (Å²) in [5.41, 5.74) is 0. The maximum absolute atomic E-state index is 11.7. The number of hydrogen-bond donors (Lipinski definition) is 2. The van der Waals surface area contributed by atoms with E-state index in [4.69, 9.17) is 0 Å². The number of rotatable bonds is 2. The molecule has 1 heterocycles. The van der Waals surface area contributed by atoms with Crippen LogP contribution in [-0.4, -0.2) is 66.6 Å². The van der Waals surface area contributed by atoms with E-state index in [1.807, 2.05) is 0 Å². The summed E-state index contributed by atoms with van der Waals surface area (Å²) in [7, 11) is -6.00. The molecule has 108 valence electrons. The van der Waals surface area contributed by atoms with Gasteiger partial charge in [0.05, 0.1) is 14.1 Å². The van der Waals surface area contributed by atoms with Crippen molar-refractivity contribution >= 4 is 20.2 Å². The summed E-state index contributed by atoms with van der Waals surface area (Å²) in [5.74, 6) is 0. The van der Waals surface area contributed by atoms with E-state index < -0.39 is 35.8 Å². The predicted octanol–water partition coefficient (Wildman–Crippen LogP) is -0.242. The van der Waals surface area contributed by atoms with E-state index in [0.29, 0.717) is 0 Å². The molecule has 0 spiro atoms. The van der Waals surface area contributed by atoms with Crippen LogP contribution in [0.1, 0.15) is 20.8 Å². The van der Waals surface area contributed by atoms with Crippen molar-refractivity contribution in [3.63, 3.8) is 0 Å². The van der Waals surface area contributed by atoms with Crippen LogP contribution in [0.5, 0.6) is 0 Å². The van der Waals surface area contributed by atoms with Crippen molar-refractivity contribution in [2.75, 3.05) is 20.6 Å². The molecule has 9 heteroatoms. The molecule has 1 saturated heterocycles. The Kier molecular flexibility index (Phi) is 3.22. The first-order valence-electron chi connectivity index (χ1n) is 5.38. The molecule has 0 aromatic rings. The first-order chi connectivity index (χ1) is 7.61. The maximum Gasteiger partial charge on any atom is 0.278 e. The highest BCUT2D eigenvalue weighted by atomic mass is 32.2. The highest BCUT2D eigenvalue weighted by molar-refractivity contribution is 7.91. The molecule has 3 unspecified atom stereocenters. The summed E-state index contributed by atoms with van der Waals surface area (Å²) < 4.78 is 61.6. The molecule has 0 radical (unpaired) electrons. The third-order valence-electron chi connectivity index (χ3n) is 4.71. The first kappa shape index (κ1) is 15.8. The Morgan fingerprint density at radius 1 is 1.06 bits per heavy atom. The predicted molar refractivity (Wildman–Crippen MR) is 66.3 cm³/mol. The van der Waals surface area contributed by atoms with Crippen molar-refractivity contribution in [3.05, 3.63) is 0 Å². The maximum atomic E-state index is 11.7. The summed E-state index contributed by atoms with van der Waals surface area (Å²) in [4.78, 5) is 0. The van der Waals surface area contributed by atoms with Crippen molar-refractivity contribution in [1.82, 2.24) is 0 Å². The fraction of sp³-hybridized carbons (Fsp3) is 1.00. The molecule has 0 bridgehead atoms. The molecule has 3 atom stereocenters. The SMILES string of the molecule is CC1C(C)(S(=O)(=O)O)C(C)(S(=O)(=O)O)C[N+]1(C)C. The summed E-state index contributed by atoms with van der Waals surface area (Å²) >= 11 is 0. The fourth-order valence-corrected chi connectivity index (χ4v) is 6.14. The largest absolute Gasteiger partial charge is 0.323 e. The number of nitrogens with zero attached hydrogens (tertiary/aromatic N) is 1. The quantitative estimate of drug-likeness (QED) is 0.538. The van der Waals surface area contributed by atoms with E-state index in [2.05, 4.69) is 0 Å². The molecule has 7 nitrogen and oxygen atoms in total. The summed E-state index contributed by atoms with van der Waals surface area (Å²) in [6.45, 7) is 3.75. The minimum Gasteiger partial charge on any atom is -0.323 e. The lowest BCUT2D eigenvalue weighted by molar-refractivity contribution is -0.901. The minimum absolute atomic E-state index is 0.0621. The Labute approximate surface area is 108 Å². The Hall–Kier alpha value is -0.220. The average Bonchev–Trinajstić information content (AvgIpc) is 2.23. The van der Waals surface area contributed by atoms with Crippen molar-refractivity contribution in [2.45, 2.75) is 36.3 Å². The zero-order valence-electron chi connectivity index (χ0n) is 11.1. The molecule has 0 aromatic heterocycles. The summed E-state index contributed by atoms with van der Waals surface area (Å²) in [6.07, 6.45) is 0. The lowest BCUT2D eigenvalue weighted by Crippen LogP contribution is -2.61. The Morgan fingerprint density at radius 3 is 1.67 bits per heavy atom. The van der Waals surface area contributed by atoms with Crippen LogP contribution in [0.15, 0.2) is 0 Å². The minimum atomic E-state index is -4.67. The van der Waals surface area contributed by atoms with Gasteiger partial charge in [-0.05, 0) is 20.8 Å². The molecule has 1 fully saturated rings. The van der Waals surface area contributed by atoms with Crippen molar-refractivity contribution in [2.24, 2.45) is 0 Å². The van der Waals surface area contributed by atoms with Crippen LogP contribution in [0, 0.1) is 0 Å². The second kappa shape index (κ2) is 3.66. The second-order valence-electron chi connectivity index (χ2n) is 5.90. The van der Waals surface area contributed by atoms with Gasteiger partial charge in [0.25, 0.3) is 20.2 Å². The molecule has 18 heavy (non-hydrogen) atoms. The highest BCUT2D eigenvalue weighted by Gasteiger charge is 2.74. The van der Waals surface area contributed by atoms with Gasteiger partial charge in [0, 0.05) is 0 Å². The van der Waals surface area contributed by atoms with E-state index in [9.17, 15) is 25.9 Å². The summed E-state index contributed by atoms with van der Waals surface area (Å²) in [5, 5.41) is 0. The molecule has 0 aliphatic carbocycles. The molecular weight excluding hydrogens is 282 g/mol. The zero-order chi connectivity index (χ0) is 14.8. The van der Waals surface area contributed by atoms with Crippen LogP contribution >= 0.6 is 0 Å².